The Balaban J connectivity index is 2.21. The van der Waals surface area contributed by atoms with Crippen LogP contribution in [0.5, 0.6) is 0 Å². The van der Waals surface area contributed by atoms with E-state index in [1.54, 1.807) is 6.07 Å². The largest absolute Gasteiger partial charge is 0.481 e. The van der Waals surface area contributed by atoms with Gasteiger partial charge in [-0.05, 0) is 11.6 Å². The molecule has 0 aliphatic rings. The van der Waals surface area contributed by atoms with Crippen LogP contribution in [0.25, 0.3) is 0 Å². The second-order valence-corrected chi connectivity index (χ2v) is 4.10. The van der Waals surface area contributed by atoms with Crippen molar-refractivity contribution in [3.8, 4) is 0 Å². The number of carboxylic acid groups (broad SMARTS) is 1. The fourth-order valence-electron chi connectivity index (χ4n) is 1.30. The first kappa shape index (κ1) is 14.5. The third-order valence-corrected chi connectivity index (χ3v) is 2.60. The summed E-state index contributed by atoms with van der Waals surface area (Å²) in [6.07, 6.45) is -0.00219. The lowest BCUT2D eigenvalue weighted by Crippen LogP contribution is -2.34. The van der Waals surface area contributed by atoms with Crippen LogP contribution in [0.1, 0.15) is 12.0 Å². The molecule has 1 rings (SSSR count). The van der Waals surface area contributed by atoms with E-state index < -0.39 is 5.97 Å². The van der Waals surface area contributed by atoms with Crippen molar-refractivity contribution in [1.29, 1.82) is 0 Å². The van der Waals surface area contributed by atoms with Crippen LogP contribution in [-0.4, -0.2) is 30.1 Å². The summed E-state index contributed by atoms with van der Waals surface area (Å²) in [5, 5.41) is 14.5. The van der Waals surface area contributed by atoms with Gasteiger partial charge in [-0.15, -0.1) is 0 Å². The molecule has 0 aliphatic heterocycles. The predicted molar refractivity (Wildman–Crippen MR) is 68.4 cm³/mol. The highest BCUT2D eigenvalue weighted by Gasteiger charge is 2.03. The summed E-state index contributed by atoms with van der Waals surface area (Å²) in [7, 11) is 0. The van der Waals surface area contributed by atoms with Gasteiger partial charge in [-0.25, -0.2) is 0 Å². The maximum atomic E-state index is 11.4. The van der Waals surface area contributed by atoms with E-state index in [2.05, 4.69) is 10.6 Å². The van der Waals surface area contributed by atoms with Gasteiger partial charge in [0.25, 0.3) is 0 Å². The summed E-state index contributed by atoms with van der Waals surface area (Å²) in [5.74, 6) is -1.08. The van der Waals surface area contributed by atoms with Crippen LogP contribution in [0.15, 0.2) is 24.3 Å². The van der Waals surface area contributed by atoms with Gasteiger partial charge in [0.2, 0.25) is 5.91 Å². The summed E-state index contributed by atoms with van der Waals surface area (Å²) in [5.41, 5.74) is 0.845. The van der Waals surface area contributed by atoms with Gasteiger partial charge in [-0.1, -0.05) is 29.8 Å². The second-order valence-electron chi connectivity index (χ2n) is 3.69. The Morgan fingerprint density at radius 2 is 2.00 bits per heavy atom. The number of hydrogen-bond acceptors (Lipinski definition) is 3. The molecule has 0 aromatic heterocycles. The molecule has 1 aromatic carbocycles. The molecule has 3 N–H and O–H groups in total. The molecule has 98 valence electrons. The number of rotatable bonds is 7. The number of amides is 1. The number of aliphatic carboxylic acids is 1. The van der Waals surface area contributed by atoms with Crippen molar-refractivity contribution in [3.63, 3.8) is 0 Å². The van der Waals surface area contributed by atoms with Gasteiger partial charge >= 0.3 is 5.97 Å². The van der Waals surface area contributed by atoms with Crippen molar-refractivity contribution in [1.82, 2.24) is 10.6 Å². The maximum Gasteiger partial charge on any atom is 0.304 e. The lowest BCUT2D eigenvalue weighted by atomic mass is 10.2. The average Bonchev–Trinajstić information content (AvgIpc) is 2.33. The molecule has 0 atom stereocenters. The lowest BCUT2D eigenvalue weighted by molar-refractivity contribution is -0.137. The molecular weight excluding hydrogens is 256 g/mol. The third kappa shape index (κ3) is 5.65. The summed E-state index contributed by atoms with van der Waals surface area (Å²) in [6.45, 7) is 0.728. The monoisotopic (exact) mass is 270 g/mol. The minimum atomic E-state index is -0.890. The molecule has 1 aromatic rings. The molecule has 0 aliphatic carbocycles. The molecule has 0 fully saturated rings. The molecule has 1 amide bonds. The molecular formula is C12H15ClN2O3. The van der Waals surface area contributed by atoms with Crippen LogP contribution in [0, 0.1) is 0 Å². The standard InChI is InChI=1S/C12H15ClN2O3/c13-10-4-2-1-3-9(10)7-15-11(16)8-14-6-5-12(17)18/h1-4,14H,5-8H2,(H,15,16)(H,17,18). The fraction of sp³-hybridized carbons (Fsp3) is 0.333. The van der Waals surface area contributed by atoms with Crippen molar-refractivity contribution >= 4 is 23.5 Å². The van der Waals surface area contributed by atoms with Crippen LogP contribution in [-0.2, 0) is 16.1 Å². The topological polar surface area (TPSA) is 78.4 Å². The van der Waals surface area contributed by atoms with Crippen molar-refractivity contribution in [3.05, 3.63) is 34.9 Å². The minimum absolute atomic E-state index is 0.00219. The van der Waals surface area contributed by atoms with E-state index in [4.69, 9.17) is 16.7 Å². The number of halogens is 1. The van der Waals surface area contributed by atoms with Gasteiger partial charge in [0.05, 0.1) is 13.0 Å². The van der Waals surface area contributed by atoms with Crippen molar-refractivity contribution in [2.45, 2.75) is 13.0 Å². The van der Waals surface area contributed by atoms with Crippen LogP contribution >= 0.6 is 11.6 Å². The van der Waals surface area contributed by atoms with Gasteiger partial charge in [0.15, 0.2) is 0 Å². The normalized spacial score (nSPS) is 10.1. The molecule has 0 saturated heterocycles. The van der Waals surface area contributed by atoms with Gasteiger partial charge < -0.3 is 15.7 Å². The number of carbonyl (C=O) groups excluding carboxylic acids is 1. The van der Waals surface area contributed by atoms with Crippen molar-refractivity contribution < 1.29 is 14.7 Å². The van der Waals surface area contributed by atoms with Crippen LogP contribution in [0.2, 0.25) is 5.02 Å². The molecule has 5 nitrogen and oxygen atoms in total. The Morgan fingerprint density at radius 1 is 1.28 bits per heavy atom. The van der Waals surface area contributed by atoms with Gasteiger partial charge in [0, 0.05) is 18.1 Å². The van der Waals surface area contributed by atoms with Gasteiger partial charge in [-0.2, -0.15) is 0 Å². The first-order chi connectivity index (χ1) is 8.59. The van der Waals surface area contributed by atoms with E-state index in [0.29, 0.717) is 11.6 Å². The molecule has 6 heteroatoms. The Labute approximate surface area is 110 Å². The quantitative estimate of drug-likeness (QED) is 0.647. The van der Waals surface area contributed by atoms with E-state index in [-0.39, 0.29) is 25.4 Å². The van der Waals surface area contributed by atoms with E-state index in [1.807, 2.05) is 18.2 Å². The maximum absolute atomic E-state index is 11.4. The summed E-state index contributed by atoms with van der Waals surface area (Å²) in [6, 6.07) is 7.26. The van der Waals surface area contributed by atoms with Crippen molar-refractivity contribution in [2.24, 2.45) is 0 Å². The summed E-state index contributed by atoms with van der Waals surface area (Å²) >= 11 is 5.94. The zero-order chi connectivity index (χ0) is 13.4. The van der Waals surface area contributed by atoms with Crippen molar-refractivity contribution in [2.75, 3.05) is 13.1 Å². The number of nitrogens with one attached hydrogen (secondary N) is 2. The Kier molecular flexibility index (Phi) is 6.18. The zero-order valence-electron chi connectivity index (χ0n) is 9.78. The highest BCUT2D eigenvalue weighted by Crippen LogP contribution is 2.13. The number of carboxylic acids is 1. The molecule has 0 unspecified atom stereocenters. The first-order valence-electron chi connectivity index (χ1n) is 5.52. The molecule has 0 bridgehead atoms. The second kappa shape index (κ2) is 7.68. The summed E-state index contributed by atoms with van der Waals surface area (Å²) < 4.78 is 0. The number of carbonyl (C=O) groups is 2. The van der Waals surface area contributed by atoms with Crippen LogP contribution in [0.4, 0.5) is 0 Å². The number of hydrogen-bond donors (Lipinski definition) is 3. The first-order valence-corrected chi connectivity index (χ1v) is 5.90. The highest BCUT2D eigenvalue weighted by atomic mass is 35.5. The van der Waals surface area contributed by atoms with E-state index >= 15 is 0 Å². The molecule has 0 heterocycles. The fourth-order valence-corrected chi connectivity index (χ4v) is 1.50. The third-order valence-electron chi connectivity index (χ3n) is 2.24. The SMILES string of the molecule is O=C(O)CCNCC(=O)NCc1ccccc1Cl. The van der Waals surface area contributed by atoms with Gasteiger partial charge in [-0.3, -0.25) is 9.59 Å². The Bertz CT molecular complexity index is 424. The predicted octanol–water partition coefficient (Wildman–Crippen LogP) is 1.02. The Morgan fingerprint density at radius 3 is 2.67 bits per heavy atom. The molecule has 0 radical (unpaired) electrons. The minimum Gasteiger partial charge on any atom is -0.481 e. The molecule has 0 spiro atoms. The van der Waals surface area contributed by atoms with E-state index in [9.17, 15) is 9.59 Å². The highest BCUT2D eigenvalue weighted by molar-refractivity contribution is 6.31. The zero-order valence-corrected chi connectivity index (χ0v) is 10.5. The molecule has 18 heavy (non-hydrogen) atoms. The smallest absolute Gasteiger partial charge is 0.304 e. The summed E-state index contributed by atoms with van der Waals surface area (Å²) in [4.78, 5) is 21.6. The van der Waals surface area contributed by atoms with E-state index in [0.717, 1.165) is 5.56 Å². The Hall–Kier alpha value is -1.59. The molecule has 0 saturated carbocycles. The number of benzene rings is 1. The van der Waals surface area contributed by atoms with E-state index in [1.165, 1.54) is 0 Å². The van der Waals surface area contributed by atoms with Crippen LogP contribution in [0.3, 0.4) is 0 Å². The van der Waals surface area contributed by atoms with Crippen LogP contribution < -0.4 is 10.6 Å². The average molecular weight is 271 g/mol. The lowest BCUT2D eigenvalue weighted by Gasteiger charge is -2.07. The van der Waals surface area contributed by atoms with Gasteiger partial charge in [0.1, 0.15) is 0 Å².